The summed E-state index contributed by atoms with van der Waals surface area (Å²) in [5.74, 6) is 0.222. The highest BCUT2D eigenvalue weighted by atomic mass is 35.5. The molecule has 2 aromatic carbocycles. The Morgan fingerprint density at radius 2 is 1.74 bits per heavy atom. The lowest BCUT2D eigenvalue weighted by atomic mass is 9.98. The molecule has 1 N–H and O–H groups in total. The maximum atomic E-state index is 12.5. The van der Waals surface area contributed by atoms with Crippen molar-refractivity contribution in [2.75, 3.05) is 7.11 Å². The van der Waals surface area contributed by atoms with Gasteiger partial charge in [-0.15, -0.1) is 0 Å². The van der Waals surface area contributed by atoms with Crippen LogP contribution in [0.15, 0.2) is 36.4 Å². The number of halogens is 1. The van der Waals surface area contributed by atoms with Crippen molar-refractivity contribution in [3.8, 4) is 5.75 Å². The van der Waals surface area contributed by atoms with Crippen molar-refractivity contribution >= 4 is 17.6 Å². The molecule has 0 aromatic heterocycles. The first kappa shape index (κ1) is 21.3. The Hall–Kier alpha value is -2.04. The first-order valence-electron chi connectivity index (χ1n) is 9.29. The highest BCUT2D eigenvalue weighted by Crippen LogP contribution is 2.34. The molecule has 2 rings (SSSR count). The number of hydrogen-bond acceptors (Lipinski definition) is 4. The van der Waals surface area contributed by atoms with E-state index in [0.29, 0.717) is 16.3 Å². The average molecular weight is 391 g/mol. The van der Waals surface area contributed by atoms with Gasteiger partial charge in [0.2, 0.25) is 6.10 Å². The van der Waals surface area contributed by atoms with Crippen molar-refractivity contribution in [2.45, 2.75) is 52.2 Å². The Labute approximate surface area is 166 Å². The third-order valence-electron chi connectivity index (χ3n) is 4.33. The van der Waals surface area contributed by atoms with Gasteiger partial charge < -0.3 is 14.6 Å². The lowest BCUT2D eigenvalue weighted by molar-refractivity contribution is -0.149. The zero-order valence-corrected chi connectivity index (χ0v) is 16.9. The van der Waals surface area contributed by atoms with Crippen LogP contribution in [0.1, 0.15) is 55.0 Å². The molecule has 0 heterocycles. The number of hydrogen-bond donors (Lipinski definition) is 1. The van der Waals surface area contributed by atoms with Gasteiger partial charge in [0.05, 0.1) is 13.7 Å². The van der Waals surface area contributed by atoms with Crippen LogP contribution < -0.4 is 4.74 Å². The molecule has 0 aliphatic rings. The molecule has 0 fully saturated rings. The first-order chi connectivity index (χ1) is 13.0. The van der Waals surface area contributed by atoms with Gasteiger partial charge in [-0.2, -0.15) is 0 Å². The van der Waals surface area contributed by atoms with Crippen LogP contribution in [0.25, 0.3) is 0 Å². The fourth-order valence-electron chi connectivity index (χ4n) is 3.13. The summed E-state index contributed by atoms with van der Waals surface area (Å²) >= 11 is 6.11. The molecular weight excluding hydrogens is 364 g/mol. The SMILES string of the molecule is CCCc1cc(CO)cc(CCC)c1OC(C(=O)OC)c1cccc(Cl)c1. The van der Waals surface area contributed by atoms with Crippen LogP contribution in [-0.2, 0) is 29.0 Å². The summed E-state index contributed by atoms with van der Waals surface area (Å²) in [7, 11) is 1.35. The fourth-order valence-corrected chi connectivity index (χ4v) is 3.32. The third-order valence-corrected chi connectivity index (χ3v) is 4.56. The predicted molar refractivity (Wildman–Crippen MR) is 107 cm³/mol. The quantitative estimate of drug-likeness (QED) is 0.610. The average Bonchev–Trinajstić information content (AvgIpc) is 2.67. The largest absolute Gasteiger partial charge is 0.473 e. The zero-order chi connectivity index (χ0) is 19.8. The number of esters is 1. The predicted octanol–water partition coefficient (Wildman–Crippen LogP) is 5.03. The van der Waals surface area contributed by atoms with E-state index in [-0.39, 0.29) is 6.61 Å². The van der Waals surface area contributed by atoms with E-state index in [1.807, 2.05) is 12.1 Å². The van der Waals surface area contributed by atoms with E-state index in [1.165, 1.54) is 7.11 Å². The molecular formula is C22H27ClO4. The lowest BCUT2D eigenvalue weighted by Gasteiger charge is -2.23. The molecule has 2 aromatic rings. The molecule has 0 saturated heterocycles. The highest BCUT2D eigenvalue weighted by molar-refractivity contribution is 6.30. The summed E-state index contributed by atoms with van der Waals surface area (Å²) < 4.78 is 11.2. The Morgan fingerprint density at radius 1 is 1.11 bits per heavy atom. The topological polar surface area (TPSA) is 55.8 Å². The molecule has 27 heavy (non-hydrogen) atoms. The lowest BCUT2D eigenvalue weighted by Crippen LogP contribution is -2.21. The maximum Gasteiger partial charge on any atom is 0.351 e. The van der Waals surface area contributed by atoms with Crippen LogP contribution >= 0.6 is 11.6 Å². The fraction of sp³-hybridized carbons (Fsp3) is 0.409. The number of aryl methyl sites for hydroxylation is 2. The molecule has 0 aliphatic carbocycles. The second-order valence-electron chi connectivity index (χ2n) is 6.48. The van der Waals surface area contributed by atoms with Gasteiger partial charge in [0.25, 0.3) is 0 Å². The van der Waals surface area contributed by atoms with Crippen molar-refractivity contribution in [2.24, 2.45) is 0 Å². The Kier molecular flexibility index (Phi) is 8.14. The van der Waals surface area contributed by atoms with Gasteiger partial charge in [-0.25, -0.2) is 4.79 Å². The van der Waals surface area contributed by atoms with Crippen LogP contribution in [0.4, 0.5) is 0 Å². The number of aliphatic hydroxyl groups excluding tert-OH is 1. The molecule has 1 atom stereocenters. The Balaban J connectivity index is 2.53. The third kappa shape index (κ3) is 5.47. The summed E-state index contributed by atoms with van der Waals surface area (Å²) in [4.78, 5) is 12.5. The molecule has 5 heteroatoms. The van der Waals surface area contributed by atoms with Crippen molar-refractivity contribution in [3.63, 3.8) is 0 Å². The second-order valence-corrected chi connectivity index (χ2v) is 6.91. The van der Waals surface area contributed by atoms with Crippen LogP contribution in [0.5, 0.6) is 5.75 Å². The number of methoxy groups -OCH3 is 1. The summed E-state index contributed by atoms with van der Waals surface area (Å²) in [6, 6.07) is 10.9. The van der Waals surface area contributed by atoms with Gasteiger partial charge in [-0.1, -0.05) is 50.4 Å². The monoisotopic (exact) mass is 390 g/mol. The van der Waals surface area contributed by atoms with Crippen molar-refractivity contribution in [1.29, 1.82) is 0 Å². The summed E-state index contributed by atoms with van der Waals surface area (Å²) in [5, 5.41) is 10.1. The number of aliphatic hydroxyl groups is 1. The van der Waals surface area contributed by atoms with Gasteiger partial charge >= 0.3 is 5.97 Å². The molecule has 0 bridgehead atoms. The first-order valence-corrected chi connectivity index (χ1v) is 9.67. The van der Waals surface area contributed by atoms with Crippen LogP contribution in [0, 0.1) is 0 Å². The van der Waals surface area contributed by atoms with E-state index in [1.54, 1.807) is 24.3 Å². The van der Waals surface area contributed by atoms with Gasteiger partial charge in [0, 0.05) is 10.6 Å². The molecule has 0 spiro atoms. The minimum absolute atomic E-state index is 0.0254. The molecule has 0 amide bonds. The zero-order valence-electron chi connectivity index (χ0n) is 16.1. The normalized spacial score (nSPS) is 11.9. The van der Waals surface area contributed by atoms with Crippen LogP contribution in [0.3, 0.4) is 0 Å². The number of carbonyl (C=O) groups excluding carboxylic acids is 1. The van der Waals surface area contributed by atoms with Crippen molar-refractivity contribution < 1.29 is 19.4 Å². The number of carbonyl (C=O) groups is 1. The molecule has 1 unspecified atom stereocenters. The second kappa shape index (κ2) is 10.3. The molecule has 0 radical (unpaired) electrons. The maximum absolute atomic E-state index is 12.5. The van der Waals surface area contributed by atoms with Gasteiger partial charge in [-0.05, 0) is 53.8 Å². The minimum atomic E-state index is -0.903. The number of benzene rings is 2. The van der Waals surface area contributed by atoms with Crippen LogP contribution in [-0.4, -0.2) is 18.2 Å². The van der Waals surface area contributed by atoms with E-state index in [2.05, 4.69) is 13.8 Å². The summed E-state index contributed by atoms with van der Waals surface area (Å²) in [6.07, 6.45) is 2.54. The standard InChI is InChI=1S/C22H27ClO4/c1-4-7-16-11-15(14-24)12-17(8-5-2)20(16)27-21(22(25)26-3)18-9-6-10-19(23)13-18/h6,9-13,21,24H,4-5,7-8,14H2,1-3H3. The van der Waals surface area contributed by atoms with E-state index >= 15 is 0 Å². The Bertz CT molecular complexity index is 746. The van der Waals surface area contributed by atoms with Crippen molar-refractivity contribution in [1.82, 2.24) is 0 Å². The highest BCUT2D eigenvalue weighted by Gasteiger charge is 2.26. The summed E-state index contributed by atoms with van der Waals surface area (Å²) in [5.41, 5.74) is 3.48. The molecule has 0 aliphatic heterocycles. The smallest absolute Gasteiger partial charge is 0.351 e. The van der Waals surface area contributed by atoms with Gasteiger partial charge in [-0.3, -0.25) is 0 Å². The van der Waals surface area contributed by atoms with Gasteiger partial charge in [0.1, 0.15) is 5.75 Å². The minimum Gasteiger partial charge on any atom is -0.473 e. The van der Waals surface area contributed by atoms with E-state index < -0.39 is 12.1 Å². The summed E-state index contributed by atoms with van der Waals surface area (Å²) in [6.45, 7) is 4.15. The molecule has 146 valence electrons. The molecule has 4 nitrogen and oxygen atoms in total. The van der Waals surface area contributed by atoms with E-state index in [4.69, 9.17) is 21.1 Å². The Morgan fingerprint density at radius 3 is 2.22 bits per heavy atom. The number of ether oxygens (including phenoxy) is 2. The molecule has 0 saturated carbocycles. The van der Waals surface area contributed by atoms with E-state index in [0.717, 1.165) is 42.4 Å². The van der Waals surface area contributed by atoms with Crippen molar-refractivity contribution in [3.05, 3.63) is 63.7 Å². The van der Waals surface area contributed by atoms with Crippen LogP contribution in [0.2, 0.25) is 5.02 Å². The number of rotatable bonds is 9. The van der Waals surface area contributed by atoms with Gasteiger partial charge in [0.15, 0.2) is 0 Å². The van der Waals surface area contributed by atoms with E-state index in [9.17, 15) is 9.90 Å².